The summed E-state index contributed by atoms with van der Waals surface area (Å²) in [5.74, 6) is 0. The van der Waals surface area contributed by atoms with E-state index >= 15 is 0 Å². The summed E-state index contributed by atoms with van der Waals surface area (Å²) in [6.45, 7) is 0. The molecule has 174 valence electrons. The van der Waals surface area contributed by atoms with Crippen molar-refractivity contribution in [2.75, 3.05) is 0 Å². The summed E-state index contributed by atoms with van der Waals surface area (Å²) >= 11 is 0. The molecule has 0 bridgehead atoms. The summed E-state index contributed by atoms with van der Waals surface area (Å²) in [5, 5.41) is 0. The van der Waals surface area contributed by atoms with E-state index in [-0.39, 0.29) is 177 Å². The maximum absolute atomic E-state index is 11.3. The average molecular weight is 690 g/mol. The first-order chi connectivity index (χ1) is 12.7. The number of hydrogen-bond donors (Lipinski definition) is 0. The molecule has 30 heteroatoms. The van der Waals surface area contributed by atoms with Gasteiger partial charge in [-0.25, -0.2) is 50.5 Å². The van der Waals surface area contributed by atoms with Crippen molar-refractivity contribution in [2.45, 2.75) is 29.4 Å². The zero-order valence-electron chi connectivity index (χ0n) is 18.8. The number of hydrogen-bond acceptors (Lipinski definition) is 18. The molecule has 1 aromatic carbocycles. The molecule has 0 saturated heterocycles. The predicted molar refractivity (Wildman–Crippen MR) is 74.2 cm³/mol. The van der Waals surface area contributed by atoms with Crippen LogP contribution in [-0.4, -0.2) is 77.8 Å². The third-order valence-corrected chi connectivity index (χ3v) is 8.96. The summed E-state index contributed by atoms with van der Waals surface area (Å²) in [5.41, 5.74) is 0. The maximum Gasteiger partial charge on any atom is 1.00 e. The first-order valence-corrected chi connectivity index (χ1v) is 14.2. The summed E-state index contributed by atoms with van der Waals surface area (Å²) in [6.07, 6.45) is 0. The molecule has 0 fully saturated rings. The Morgan fingerprint density at radius 2 is 0.306 bits per heavy atom. The first kappa shape index (κ1) is 53.3. The standard InChI is InChI=1S/C6H6O18S6.6Na/c7-25(8,9)1-2(26(10,11)12)4(28(16,17)18)6(30(22,23)24)5(29(19,20)21)3(1)27(13,14)15;;;;;;/h(H,7,8,9)(H,10,11,12)(H,13,14,15)(H,16,17,18)(H,19,20,21)(H,22,23,24);;;;;;/q;6*+1/p-6. The minimum Gasteiger partial charge on any atom is -0.744 e. The third kappa shape index (κ3) is 13.1. The van der Waals surface area contributed by atoms with Crippen molar-refractivity contribution in [3.05, 3.63) is 0 Å². The fourth-order valence-corrected chi connectivity index (χ4v) is 9.99. The Balaban J connectivity index is -0.000000375. The Kier molecular flexibility index (Phi) is 25.5. The van der Waals surface area contributed by atoms with E-state index in [1.54, 1.807) is 0 Å². The van der Waals surface area contributed by atoms with E-state index in [0.29, 0.717) is 0 Å². The molecule has 1 rings (SSSR count). The largest absolute Gasteiger partial charge is 1.00 e. The van der Waals surface area contributed by atoms with Crippen LogP contribution in [0.5, 0.6) is 0 Å². The van der Waals surface area contributed by atoms with Gasteiger partial charge in [0.2, 0.25) is 0 Å². The molecular weight excluding hydrogens is 690 g/mol. The topological polar surface area (TPSA) is 343 Å². The van der Waals surface area contributed by atoms with Crippen LogP contribution in [0, 0.1) is 0 Å². The molecule has 0 amide bonds. The average Bonchev–Trinajstić information content (AvgIpc) is 2.37. The summed E-state index contributed by atoms with van der Waals surface area (Å²) in [4.78, 5) is -20.1. The smallest absolute Gasteiger partial charge is 0.744 e. The van der Waals surface area contributed by atoms with Crippen molar-refractivity contribution in [1.82, 2.24) is 0 Å². The van der Waals surface area contributed by atoms with Gasteiger partial charge in [-0.15, -0.1) is 0 Å². The van der Waals surface area contributed by atoms with Gasteiger partial charge in [-0.2, -0.15) is 0 Å². The van der Waals surface area contributed by atoms with Gasteiger partial charge in [0.25, 0.3) is 0 Å². The van der Waals surface area contributed by atoms with E-state index < -0.39 is 90.1 Å². The molecule has 0 heterocycles. The fraction of sp³-hybridized carbons (Fsp3) is 0. The monoisotopic (exact) mass is 690 g/mol. The third-order valence-electron chi connectivity index (χ3n) is 2.74. The molecule has 0 aliphatic carbocycles. The molecule has 0 atom stereocenters. The normalized spacial score (nSPS) is 12.2. The van der Waals surface area contributed by atoms with Gasteiger partial charge in [-0.1, -0.05) is 0 Å². The van der Waals surface area contributed by atoms with E-state index in [1.807, 2.05) is 0 Å². The van der Waals surface area contributed by atoms with Crippen LogP contribution in [0.25, 0.3) is 0 Å². The van der Waals surface area contributed by atoms with Gasteiger partial charge in [-0.3, -0.25) is 0 Å². The van der Waals surface area contributed by atoms with Gasteiger partial charge >= 0.3 is 177 Å². The van der Waals surface area contributed by atoms with Crippen LogP contribution in [-0.2, 0) is 60.7 Å². The number of benzene rings is 1. The molecule has 0 N–H and O–H groups in total. The molecule has 0 aliphatic heterocycles. The Labute approximate surface area is 338 Å². The van der Waals surface area contributed by atoms with Gasteiger partial charge in [0.1, 0.15) is 60.7 Å². The minimum atomic E-state index is -6.97. The SMILES string of the molecule is O=S(=O)([O-])c1c(S(=O)(=O)[O-])c(S(=O)(=O)[O-])c(S(=O)(=O)[O-])c(S(=O)(=O)[O-])c1S(=O)(=O)[O-].[Na+].[Na+].[Na+].[Na+].[Na+].[Na+]. The molecular formula is C6Na6O18S6. The predicted octanol–water partition coefficient (Wildman–Crippen LogP) is -22.9. The van der Waals surface area contributed by atoms with Crippen molar-refractivity contribution < 1.29 is 255 Å². The number of rotatable bonds is 6. The van der Waals surface area contributed by atoms with Crippen LogP contribution in [0.4, 0.5) is 0 Å². The molecule has 18 nitrogen and oxygen atoms in total. The van der Waals surface area contributed by atoms with Crippen LogP contribution < -0.4 is 177 Å². The molecule has 0 aliphatic rings. The molecule has 1 aromatic rings. The fourth-order valence-electron chi connectivity index (χ4n) is 1.98. The Hall–Kier alpha value is 4.68. The van der Waals surface area contributed by atoms with Crippen molar-refractivity contribution in [1.29, 1.82) is 0 Å². The summed E-state index contributed by atoms with van der Waals surface area (Å²) < 4.78 is 203. The second-order valence-electron chi connectivity index (χ2n) is 4.70. The quantitative estimate of drug-likeness (QED) is 0.197. The summed E-state index contributed by atoms with van der Waals surface area (Å²) in [6, 6.07) is 0. The van der Waals surface area contributed by atoms with Crippen molar-refractivity contribution in [2.24, 2.45) is 0 Å². The van der Waals surface area contributed by atoms with Gasteiger partial charge in [0.05, 0.1) is 29.4 Å². The zero-order valence-corrected chi connectivity index (χ0v) is 35.7. The van der Waals surface area contributed by atoms with Gasteiger partial charge < -0.3 is 27.3 Å². The molecule has 36 heavy (non-hydrogen) atoms. The van der Waals surface area contributed by atoms with Gasteiger partial charge in [0, 0.05) is 0 Å². The van der Waals surface area contributed by atoms with Crippen molar-refractivity contribution >= 4 is 60.7 Å². The van der Waals surface area contributed by atoms with Gasteiger partial charge in [0.15, 0.2) is 0 Å². The summed E-state index contributed by atoms with van der Waals surface area (Å²) in [7, 11) is -41.8. The van der Waals surface area contributed by atoms with Crippen LogP contribution in [0.15, 0.2) is 29.4 Å². The molecule has 0 aromatic heterocycles. The van der Waals surface area contributed by atoms with Crippen molar-refractivity contribution in [3.8, 4) is 0 Å². The van der Waals surface area contributed by atoms with Gasteiger partial charge in [-0.05, 0) is 0 Å². The van der Waals surface area contributed by atoms with E-state index in [2.05, 4.69) is 0 Å². The van der Waals surface area contributed by atoms with E-state index in [9.17, 15) is 77.8 Å². The Morgan fingerprint density at radius 3 is 0.333 bits per heavy atom. The van der Waals surface area contributed by atoms with E-state index in [1.165, 1.54) is 0 Å². The maximum atomic E-state index is 11.3. The molecule has 0 spiro atoms. The van der Waals surface area contributed by atoms with Crippen LogP contribution >= 0.6 is 0 Å². The van der Waals surface area contributed by atoms with E-state index in [0.717, 1.165) is 0 Å². The second-order valence-corrected chi connectivity index (χ2v) is 12.6. The molecule has 0 radical (unpaired) electrons. The molecule has 0 unspecified atom stereocenters. The Morgan fingerprint density at radius 1 is 0.250 bits per heavy atom. The first-order valence-electron chi connectivity index (χ1n) is 5.72. The molecule has 0 saturated carbocycles. The van der Waals surface area contributed by atoms with Crippen molar-refractivity contribution in [3.63, 3.8) is 0 Å². The van der Waals surface area contributed by atoms with Crippen LogP contribution in [0.2, 0.25) is 0 Å². The van der Waals surface area contributed by atoms with Crippen LogP contribution in [0.3, 0.4) is 0 Å². The Bertz CT molecular complexity index is 1270. The minimum absolute atomic E-state index is 0. The second kappa shape index (κ2) is 17.2. The zero-order chi connectivity index (χ0) is 24.5. The van der Waals surface area contributed by atoms with E-state index in [4.69, 9.17) is 0 Å². The van der Waals surface area contributed by atoms with Crippen LogP contribution in [0.1, 0.15) is 0 Å².